The van der Waals surface area contributed by atoms with Gasteiger partial charge in [0.2, 0.25) is 0 Å². The van der Waals surface area contributed by atoms with E-state index in [0.29, 0.717) is 0 Å². The van der Waals surface area contributed by atoms with Gasteiger partial charge < -0.3 is 15.8 Å². The molecule has 2 rings (SSSR count). The molecule has 0 spiro atoms. The van der Waals surface area contributed by atoms with E-state index in [2.05, 4.69) is 29.6 Å². The summed E-state index contributed by atoms with van der Waals surface area (Å²) < 4.78 is 5.41. The molecule has 0 bridgehead atoms. The second-order valence-corrected chi connectivity index (χ2v) is 4.91. The van der Waals surface area contributed by atoms with Crippen LogP contribution in [0.2, 0.25) is 0 Å². The summed E-state index contributed by atoms with van der Waals surface area (Å²) in [4.78, 5) is 0. The van der Waals surface area contributed by atoms with Gasteiger partial charge in [0.05, 0.1) is 0 Å². The quantitative estimate of drug-likeness (QED) is 0.812. The van der Waals surface area contributed by atoms with Crippen LogP contribution in [0.25, 0.3) is 0 Å². The van der Waals surface area contributed by atoms with Gasteiger partial charge in [0.15, 0.2) is 0 Å². The first-order valence-corrected chi connectivity index (χ1v) is 6.37. The molecule has 3 N–H and O–H groups in total. The van der Waals surface area contributed by atoms with Crippen LogP contribution in [0.1, 0.15) is 18.4 Å². The molecule has 0 radical (unpaired) electrons. The van der Waals surface area contributed by atoms with Crippen LogP contribution in [-0.4, -0.2) is 26.3 Å². The summed E-state index contributed by atoms with van der Waals surface area (Å²) in [6.07, 6.45) is 2.15. The van der Waals surface area contributed by atoms with Crippen LogP contribution in [0, 0.1) is 5.41 Å². The SMILES string of the molecule is NCC1(CNCc2ccccc2)CCOCC1. The minimum atomic E-state index is 0.243. The van der Waals surface area contributed by atoms with Crippen molar-refractivity contribution in [1.82, 2.24) is 5.32 Å². The summed E-state index contributed by atoms with van der Waals surface area (Å²) in [5, 5.41) is 3.53. The number of nitrogens with two attached hydrogens (primary N) is 1. The van der Waals surface area contributed by atoms with Crippen molar-refractivity contribution in [2.24, 2.45) is 11.1 Å². The highest BCUT2D eigenvalue weighted by atomic mass is 16.5. The molecule has 3 heteroatoms. The Kier molecular flexibility index (Phi) is 4.54. The van der Waals surface area contributed by atoms with Crippen LogP contribution in [0.5, 0.6) is 0 Å². The fourth-order valence-corrected chi connectivity index (χ4v) is 2.33. The summed E-state index contributed by atoms with van der Waals surface area (Å²) in [6.45, 7) is 4.36. The van der Waals surface area contributed by atoms with E-state index in [0.717, 1.165) is 45.7 Å². The topological polar surface area (TPSA) is 47.3 Å². The van der Waals surface area contributed by atoms with Gasteiger partial charge in [-0.2, -0.15) is 0 Å². The van der Waals surface area contributed by atoms with E-state index in [1.54, 1.807) is 0 Å². The molecule has 0 aliphatic carbocycles. The lowest BCUT2D eigenvalue weighted by atomic mass is 9.80. The normalized spacial score (nSPS) is 19.1. The summed E-state index contributed by atoms with van der Waals surface area (Å²) in [7, 11) is 0. The van der Waals surface area contributed by atoms with Crippen LogP contribution >= 0.6 is 0 Å². The van der Waals surface area contributed by atoms with Gasteiger partial charge in [0, 0.05) is 26.3 Å². The van der Waals surface area contributed by atoms with E-state index < -0.39 is 0 Å². The third-order valence-corrected chi connectivity index (χ3v) is 3.66. The maximum absolute atomic E-state index is 5.92. The lowest BCUT2D eigenvalue weighted by Gasteiger charge is -2.36. The molecule has 1 aromatic rings. The Morgan fingerprint density at radius 3 is 2.53 bits per heavy atom. The third kappa shape index (κ3) is 3.53. The largest absolute Gasteiger partial charge is 0.381 e. The van der Waals surface area contributed by atoms with Crippen molar-refractivity contribution in [2.75, 3.05) is 26.3 Å². The van der Waals surface area contributed by atoms with Crippen molar-refractivity contribution in [3.63, 3.8) is 0 Å². The molecule has 0 atom stereocenters. The summed E-state index contributed by atoms with van der Waals surface area (Å²) in [6, 6.07) is 10.5. The van der Waals surface area contributed by atoms with Gasteiger partial charge in [-0.3, -0.25) is 0 Å². The molecule has 1 aliphatic rings. The average molecular weight is 234 g/mol. The van der Waals surface area contributed by atoms with E-state index in [1.165, 1.54) is 5.56 Å². The Hall–Kier alpha value is -0.900. The Balaban J connectivity index is 1.80. The minimum Gasteiger partial charge on any atom is -0.381 e. The molecular formula is C14H22N2O. The van der Waals surface area contributed by atoms with E-state index in [4.69, 9.17) is 10.5 Å². The molecular weight excluding hydrogens is 212 g/mol. The van der Waals surface area contributed by atoms with Crippen molar-refractivity contribution >= 4 is 0 Å². The van der Waals surface area contributed by atoms with Gasteiger partial charge in [0.25, 0.3) is 0 Å². The van der Waals surface area contributed by atoms with E-state index in [-0.39, 0.29) is 5.41 Å². The van der Waals surface area contributed by atoms with E-state index in [9.17, 15) is 0 Å². The predicted octanol–water partition coefficient (Wildman–Crippen LogP) is 1.53. The molecule has 1 aliphatic heterocycles. The number of benzene rings is 1. The molecule has 3 nitrogen and oxygen atoms in total. The number of rotatable bonds is 5. The average Bonchev–Trinajstić information content (AvgIpc) is 2.41. The minimum absolute atomic E-state index is 0.243. The van der Waals surface area contributed by atoms with Crippen LogP contribution in [0.3, 0.4) is 0 Å². The van der Waals surface area contributed by atoms with Crippen LogP contribution in [0.15, 0.2) is 30.3 Å². The Labute approximate surface area is 103 Å². The second-order valence-electron chi connectivity index (χ2n) is 4.91. The summed E-state index contributed by atoms with van der Waals surface area (Å²) in [5.41, 5.74) is 7.49. The van der Waals surface area contributed by atoms with Gasteiger partial charge >= 0.3 is 0 Å². The van der Waals surface area contributed by atoms with Crippen molar-refractivity contribution < 1.29 is 4.74 Å². The van der Waals surface area contributed by atoms with Crippen molar-refractivity contribution in [3.8, 4) is 0 Å². The van der Waals surface area contributed by atoms with E-state index in [1.807, 2.05) is 6.07 Å². The molecule has 0 unspecified atom stereocenters. The molecule has 0 aromatic heterocycles. The highest BCUT2D eigenvalue weighted by molar-refractivity contribution is 5.14. The summed E-state index contributed by atoms with van der Waals surface area (Å²) in [5.74, 6) is 0. The number of nitrogens with one attached hydrogen (secondary N) is 1. The first kappa shape index (κ1) is 12.6. The number of ether oxygens (including phenoxy) is 1. The molecule has 17 heavy (non-hydrogen) atoms. The zero-order valence-corrected chi connectivity index (χ0v) is 10.3. The Morgan fingerprint density at radius 2 is 1.88 bits per heavy atom. The van der Waals surface area contributed by atoms with Crippen molar-refractivity contribution in [1.29, 1.82) is 0 Å². The fourth-order valence-electron chi connectivity index (χ4n) is 2.33. The van der Waals surface area contributed by atoms with Crippen LogP contribution in [0.4, 0.5) is 0 Å². The Bertz CT molecular complexity index is 320. The number of hydrogen-bond acceptors (Lipinski definition) is 3. The lowest BCUT2D eigenvalue weighted by molar-refractivity contribution is 0.0191. The zero-order chi connectivity index (χ0) is 12.0. The molecule has 94 valence electrons. The number of hydrogen-bond donors (Lipinski definition) is 2. The molecule has 1 heterocycles. The van der Waals surface area contributed by atoms with Gasteiger partial charge in [0.1, 0.15) is 0 Å². The van der Waals surface area contributed by atoms with Crippen molar-refractivity contribution in [2.45, 2.75) is 19.4 Å². The van der Waals surface area contributed by atoms with Crippen LogP contribution < -0.4 is 11.1 Å². The maximum Gasteiger partial charge on any atom is 0.0472 e. The van der Waals surface area contributed by atoms with Crippen LogP contribution in [-0.2, 0) is 11.3 Å². The summed E-state index contributed by atoms with van der Waals surface area (Å²) >= 11 is 0. The zero-order valence-electron chi connectivity index (χ0n) is 10.3. The third-order valence-electron chi connectivity index (χ3n) is 3.66. The molecule has 1 saturated heterocycles. The molecule has 0 amide bonds. The monoisotopic (exact) mass is 234 g/mol. The lowest BCUT2D eigenvalue weighted by Crippen LogP contribution is -2.44. The molecule has 0 saturated carbocycles. The standard InChI is InChI=1S/C14H22N2O/c15-11-14(6-8-17-9-7-14)12-16-10-13-4-2-1-3-5-13/h1-5,16H,6-12,15H2. The van der Waals surface area contributed by atoms with E-state index >= 15 is 0 Å². The van der Waals surface area contributed by atoms with Gasteiger partial charge in [-0.15, -0.1) is 0 Å². The molecule has 1 aromatic carbocycles. The predicted molar refractivity (Wildman–Crippen MR) is 69.7 cm³/mol. The first-order valence-electron chi connectivity index (χ1n) is 6.37. The second kappa shape index (κ2) is 6.15. The highest BCUT2D eigenvalue weighted by Gasteiger charge is 2.30. The van der Waals surface area contributed by atoms with Gasteiger partial charge in [-0.1, -0.05) is 30.3 Å². The highest BCUT2D eigenvalue weighted by Crippen LogP contribution is 2.28. The first-order chi connectivity index (χ1) is 8.35. The molecule has 1 fully saturated rings. The van der Waals surface area contributed by atoms with Gasteiger partial charge in [-0.25, -0.2) is 0 Å². The maximum atomic E-state index is 5.92. The smallest absolute Gasteiger partial charge is 0.0472 e. The fraction of sp³-hybridized carbons (Fsp3) is 0.571. The Morgan fingerprint density at radius 1 is 1.18 bits per heavy atom. The van der Waals surface area contributed by atoms with Crippen molar-refractivity contribution in [3.05, 3.63) is 35.9 Å². The van der Waals surface area contributed by atoms with Gasteiger partial charge in [-0.05, 0) is 30.4 Å².